The zero-order valence-electron chi connectivity index (χ0n) is 9.81. The molecule has 2 heterocycles. The van der Waals surface area contributed by atoms with Crippen molar-refractivity contribution in [2.24, 2.45) is 0 Å². The Labute approximate surface area is 120 Å². The van der Waals surface area contributed by atoms with Gasteiger partial charge in [0.1, 0.15) is 4.21 Å². The summed E-state index contributed by atoms with van der Waals surface area (Å²) in [6, 6.07) is 3.09. The van der Waals surface area contributed by atoms with E-state index in [4.69, 9.17) is 16.3 Å². The molecule has 0 amide bonds. The molecule has 1 aromatic rings. The summed E-state index contributed by atoms with van der Waals surface area (Å²) in [5.41, 5.74) is -0.376. The number of nitrogens with one attached hydrogen (secondary N) is 1. The first-order valence-corrected chi connectivity index (χ1v) is 9.19. The van der Waals surface area contributed by atoms with Crippen LogP contribution in [0, 0.1) is 0 Å². The van der Waals surface area contributed by atoms with Gasteiger partial charge in [0.25, 0.3) is 0 Å². The van der Waals surface area contributed by atoms with Gasteiger partial charge in [-0.25, -0.2) is 13.1 Å². The third-order valence-electron chi connectivity index (χ3n) is 2.90. The Morgan fingerprint density at radius 3 is 2.83 bits per heavy atom. The summed E-state index contributed by atoms with van der Waals surface area (Å²) in [5.74, 6) is 1.82. The second kappa shape index (κ2) is 5.68. The number of sulfonamides is 1. The average molecular weight is 328 g/mol. The second-order valence-corrected chi connectivity index (χ2v) is 8.89. The molecule has 1 aliphatic heterocycles. The van der Waals surface area contributed by atoms with E-state index >= 15 is 0 Å². The average Bonchev–Trinajstić information content (AvgIpc) is 2.96. The van der Waals surface area contributed by atoms with Gasteiger partial charge in [0.05, 0.1) is 9.94 Å². The van der Waals surface area contributed by atoms with Crippen molar-refractivity contribution in [3.05, 3.63) is 16.5 Å². The van der Waals surface area contributed by atoms with Gasteiger partial charge in [-0.1, -0.05) is 11.6 Å². The first-order valence-electron chi connectivity index (χ1n) is 5.35. The Bertz CT molecular complexity index is 508. The van der Waals surface area contributed by atoms with Crippen molar-refractivity contribution in [3.63, 3.8) is 0 Å². The summed E-state index contributed by atoms with van der Waals surface area (Å²) in [6.07, 6.45) is 0.863. The van der Waals surface area contributed by atoms with Gasteiger partial charge in [0.2, 0.25) is 10.0 Å². The van der Waals surface area contributed by atoms with Crippen molar-refractivity contribution < 1.29 is 13.2 Å². The highest BCUT2D eigenvalue weighted by Crippen LogP contribution is 2.31. The maximum Gasteiger partial charge on any atom is 0.250 e. The van der Waals surface area contributed by atoms with E-state index in [9.17, 15) is 8.42 Å². The molecule has 102 valence electrons. The minimum atomic E-state index is -3.48. The first kappa shape index (κ1) is 14.6. The molecule has 1 aromatic heterocycles. The van der Waals surface area contributed by atoms with Crippen LogP contribution in [0.5, 0.6) is 0 Å². The third kappa shape index (κ3) is 3.20. The molecule has 8 heteroatoms. The monoisotopic (exact) mass is 327 g/mol. The highest BCUT2D eigenvalue weighted by atomic mass is 35.5. The zero-order chi connectivity index (χ0) is 13.2. The van der Waals surface area contributed by atoms with Crippen LogP contribution in [0.15, 0.2) is 16.3 Å². The highest BCUT2D eigenvalue weighted by molar-refractivity contribution is 7.99. The van der Waals surface area contributed by atoms with E-state index < -0.39 is 10.0 Å². The van der Waals surface area contributed by atoms with Gasteiger partial charge in [0, 0.05) is 19.4 Å². The Morgan fingerprint density at radius 2 is 2.33 bits per heavy atom. The van der Waals surface area contributed by atoms with Crippen LogP contribution in [0.1, 0.15) is 6.42 Å². The Balaban J connectivity index is 2.05. The number of hydrogen-bond acceptors (Lipinski definition) is 5. The van der Waals surface area contributed by atoms with Crippen LogP contribution in [0.2, 0.25) is 4.34 Å². The van der Waals surface area contributed by atoms with Crippen molar-refractivity contribution in [3.8, 4) is 0 Å². The molecule has 1 aliphatic rings. The topological polar surface area (TPSA) is 55.4 Å². The lowest BCUT2D eigenvalue weighted by atomic mass is 10.0. The number of hydrogen-bond donors (Lipinski definition) is 1. The van der Waals surface area contributed by atoms with Crippen LogP contribution >= 0.6 is 34.7 Å². The molecule has 0 aromatic carbocycles. The molecule has 1 saturated heterocycles. The molecule has 4 nitrogen and oxygen atoms in total. The molecule has 0 spiro atoms. The Morgan fingerprint density at radius 1 is 1.56 bits per heavy atom. The molecule has 18 heavy (non-hydrogen) atoms. The maximum absolute atomic E-state index is 12.0. The molecule has 2 rings (SSSR count). The number of halogens is 1. The van der Waals surface area contributed by atoms with E-state index in [2.05, 4.69) is 4.72 Å². The fourth-order valence-electron chi connectivity index (χ4n) is 1.70. The third-order valence-corrected chi connectivity index (χ3v) is 7.25. The Kier molecular flexibility index (Phi) is 4.61. The van der Waals surface area contributed by atoms with Crippen molar-refractivity contribution >= 4 is 44.7 Å². The van der Waals surface area contributed by atoms with Crippen LogP contribution in [0.3, 0.4) is 0 Å². The number of thiophene rings is 1. The van der Waals surface area contributed by atoms with Gasteiger partial charge < -0.3 is 4.74 Å². The van der Waals surface area contributed by atoms with E-state index in [1.807, 2.05) is 0 Å². The normalized spacial score (nSPS) is 24.6. The van der Waals surface area contributed by atoms with Gasteiger partial charge in [0.15, 0.2) is 0 Å². The summed E-state index contributed by atoms with van der Waals surface area (Å²) in [7, 11) is -1.85. The molecule has 1 N–H and O–H groups in total. The summed E-state index contributed by atoms with van der Waals surface area (Å²) in [4.78, 5) is 0. The number of methoxy groups -OCH3 is 1. The summed E-state index contributed by atoms with van der Waals surface area (Å²) >= 11 is 8.58. The molecular formula is C10H14ClNO3S3. The zero-order valence-corrected chi connectivity index (χ0v) is 13.0. The van der Waals surface area contributed by atoms with E-state index in [-0.39, 0.29) is 9.81 Å². The molecule has 0 saturated carbocycles. The number of ether oxygens (including phenoxy) is 1. The molecule has 0 bridgehead atoms. The van der Waals surface area contributed by atoms with E-state index in [0.717, 1.165) is 29.3 Å². The molecule has 0 unspecified atom stereocenters. The maximum atomic E-state index is 12.0. The fourth-order valence-corrected chi connectivity index (χ4v) is 5.74. The molecule has 1 atom stereocenters. The van der Waals surface area contributed by atoms with Gasteiger partial charge in [-0.05, 0) is 24.3 Å². The lowest BCUT2D eigenvalue weighted by Gasteiger charge is -2.26. The summed E-state index contributed by atoms with van der Waals surface area (Å²) in [6.45, 7) is 0.300. The van der Waals surface area contributed by atoms with Crippen LogP contribution in [0.4, 0.5) is 0 Å². The van der Waals surface area contributed by atoms with Crippen LogP contribution in [-0.4, -0.2) is 39.2 Å². The van der Waals surface area contributed by atoms with Gasteiger partial charge in [-0.2, -0.15) is 11.8 Å². The van der Waals surface area contributed by atoms with Crippen molar-refractivity contribution in [1.82, 2.24) is 4.72 Å². The van der Waals surface area contributed by atoms with Crippen LogP contribution in [-0.2, 0) is 14.8 Å². The van der Waals surface area contributed by atoms with Crippen molar-refractivity contribution in [2.75, 3.05) is 25.2 Å². The van der Waals surface area contributed by atoms with E-state index in [1.165, 1.54) is 6.07 Å². The van der Waals surface area contributed by atoms with Gasteiger partial charge in [-0.3, -0.25) is 0 Å². The van der Waals surface area contributed by atoms with Gasteiger partial charge in [-0.15, -0.1) is 11.3 Å². The molecule has 0 aliphatic carbocycles. The molecule has 1 fully saturated rings. The molecule has 0 radical (unpaired) electrons. The summed E-state index contributed by atoms with van der Waals surface area (Å²) < 4.78 is 32.9. The minimum Gasteiger partial charge on any atom is -0.376 e. The highest BCUT2D eigenvalue weighted by Gasteiger charge is 2.35. The molecular weight excluding hydrogens is 314 g/mol. The SMILES string of the molecule is CO[C@@]1(CNS(=O)(=O)c2ccc(Cl)s2)CCSC1. The lowest BCUT2D eigenvalue weighted by molar-refractivity contribution is 0.0179. The summed E-state index contributed by atoms with van der Waals surface area (Å²) in [5, 5.41) is 0. The van der Waals surface area contributed by atoms with E-state index in [0.29, 0.717) is 10.9 Å². The second-order valence-electron chi connectivity index (χ2n) is 4.07. The largest absolute Gasteiger partial charge is 0.376 e. The van der Waals surface area contributed by atoms with Crippen molar-refractivity contribution in [1.29, 1.82) is 0 Å². The van der Waals surface area contributed by atoms with Crippen molar-refractivity contribution in [2.45, 2.75) is 16.2 Å². The smallest absolute Gasteiger partial charge is 0.250 e. The van der Waals surface area contributed by atoms with Crippen LogP contribution < -0.4 is 4.72 Å². The predicted molar refractivity (Wildman–Crippen MR) is 76.2 cm³/mol. The number of rotatable bonds is 5. The van der Waals surface area contributed by atoms with Crippen LogP contribution in [0.25, 0.3) is 0 Å². The first-order chi connectivity index (χ1) is 8.47. The fraction of sp³-hybridized carbons (Fsp3) is 0.600. The van der Waals surface area contributed by atoms with Gasteiger partial charge >= 0.3 is 0 Å². The number of thioether (sulfide) groups is 1. The standard InChI is InChI=1S/C10H14ClNO3S3/c1-15-10(4-5-16-7-10)6-12-18(13,14)9-3-2-8(11)17-9/h2-3,12H,4-7H2,1H3/t10-/m1/s1. The van der Waals surface area contributed by atoms with E-state index in [1.54, 1.807) is 24.9 Å². The lowest BCUT2D eigenvalue weighted by Crippen LogP contribution is -2.44. The minimum absolute atomic E-state index is 0.240. The Hall–Kier alpha value is 0.210. The quantitative estimate of drug-likeness (QED) is 0.900. The predicted octanol–water partition coefficient (Wildman–Crippen LogP) is 2.20.